The number of amides is 1. The van der Waals surface area contributed by atoms with E-state index in [0.29, 0.717) is 13.0 Å². The summed E-state index contributed by atoms with van der Waals surface area (Å²) in [5, 5.41) is 0.143. The van der Waals surface area contributed by atoms with Gasteiger partial charge in [0.15, 0.2) is 8.24 Å². The summed E-state index contributed by atoms with van der Waals surface area (Å²) in [6, 6.07) is 10.2. The molecule has 1 amide bonds. The third kappa shape index (κ3) is 3.50. The van der Waals surface area contributed by atoms with Crippen molar-refractivity contribution >= 4 is 20.2 Å². The Balaban J connectivity index is 1.91. The van der Waals surface area contributed by atoms with Crippen LogP contribution in [0.2, 0.25) is 18.1 Å². The third-order valence-electron chi connectivity index (χ3n) is 4.84. The summed E-state index contributed by atoms with van der Waals surface area (Å²) in [7, 11) is -1.84. The van der Waals surface area contributed by atoms with Gasteiger partial charge in [-0.15, -0.1) is 0 Å². The van der Waals surface area contributed by atoms with Gasteiger partial charge in [-0.05, 0) is 10.6 Å². The Morgan fingerprint density at radius 2 is 1.91 bits per heavy atom. The van der Waals surface area contributed by atoms with Crippen molar-refractivity contribution in [2.24, 2.45) is 0 Å². The van der Waals surface area contributed by atoms with Gasteiger partial charge in [-0.1, -0.05) is 76.3 Å². The van der Waals surface area contributed by atoms with Gasteiger partial charge < -0.3 is 9.30 Å². The molecule has 1 heterocycles. The number of benzene rings is 1. The predicted octanol–water partition coefficient (Wildman–Crippen LogP) is 4.28. The Hall–Kier alpha value is -1.39. The highest BCUT2D eigenvalue weighted by molar-refractivity contribution is 6.79. The molecule has 22 heavy (non-hydrogen) atoms. The average molecular weight is 318 g/mol. The standard InChI is InChI=1S/C18H27NO2Si/c1-18(2,3)22(4,5)19-16(20)14-17(19)21-13-9-12-15-10-7-6-8-11-15/h6-12,17H,13-14H2,1-5H3/b12-9+. The topological polar surface area (TPSA) is 29.5 Å². The maximum atomic E-state index is 12.1. The maximum absolute atomic E-state index is 12.1. The SMILES string of the molecule is CC(C)(C)[Si](C)(C)N1C(=O)CC1OC/C=C/c1ccccc1. The van der Waals surface area contributed by atoms with E-state index in [2.05, 4.69) is 52.1 Å². The zero-order chi connectivity index (χ0) is 16.4. The van der Waals surface area contributed by atoms with Crippen LogP contribution < -0.4 is 0 Å². The molecule has 3 nitrogen and oxygen atoms in total. The molecule has 0 bridgehead atoms. The molecule has 120 valence electrons. The molecule has 0 aliphatic carbocycles. The van der Waals surface area contributed by atoms with Crippen LogP contribution in [0.5, 0.6) is 0 Å². The summed E-state index contributed by atoms with van der Waals surface area (Å²) in [6.45, 7) is 11.7. The van der Waals surface area contributed by atoms with E-state index in [1.54, 1.807) is 0 Å². The van der Waals surface area contributed by atoms with E-state index in [0.717, 1.165) is 5.56 Å². The smallest absolute Gasteiger partial charge is 0.221 e. The first-order valence-electron chi connectivity index (χ1n) is 7.89. The molecule has 1 aliphatic heterocycles. The van der Waals surface area contributed by atoms with Crippen molar-refractivity contribution in [3.05, 3.63) is 42.0 Å². The molecule has 1 aromatic rings. The largest absolute Gasteiger partial charge is 0.354 e. The third-order valence-corrected chi connectivity index (χ3v) is 10.3. The van der Waals surface area contributed by atoms with E-state index in [4.69, 9.17) is 4.74 Å². The first kappa shape index (κ1) is 17.0. The lowest BCUT2D eigenvalue weighted by Gasteiger charge is -2.54. The lowest BCUT2D eigenvalue weighted by molar-refractivity contribution is -0.159. The van der Waals surface area contributed by atoms with Gasteiger partial charge in [-0.25, -0.2) is 0 Å². The summed E-state index contributed by atoms with van der Waals surface area (Å²) >= 11 is 0. The van der Waals surface area contributed by atoms with Crippen LogP contribution in [0.15, 0.2) is 36.4 Å². The lowest BCUT2D eigenvalue weighted by atomic mass is 10.2. The van der Waals surface area contributed by atoms with E-state index in [1.165, 1.54) is 0 Å². The van der Waals surface area contributed by atoms with Crippen molar-refractivity contribution in [2.75, 3.05) is 6.61 Å². The molecular formula is C18H27NO2Si. The van der Waals surface area contributed by atoms with Crippen LogP contribution in [0.25, 0.3) is 6.08 Å². The van der Waals surface area contributed by atoms with Crippen molar-refractivity contribution in [2.45, 2.75) is 51.6 Å². The minimum atomic E-state index is -1.84. The number of carbonyl (C=O) groups excluding carboxylic acids is 1. The zero-order valence-corrected chi connectivity index (χ0v) is 15.3. The summed E-state index contributed by atoms with van der Waals surface area (Å²) in [5.74, 6) is 0.239. The number of carbonyl (C=O) groups is 1. The Labute approximate surface area is 135 Å². The van der Waals surface area contributed by atoms with Crippen LogP contribution >= 0.6 is 0 Å². The van der Waals surface area contributed by atoms with Gasteiger partial charge in [0.05, 0.1) is 13.0 Å². The monoisotopic (exact) mass is 317 g/mol. The van der Waals surface area contributed by atoms with Crippen molar-refractivity contribution in [3.8, 4) is 0 Å². The molecular weight excluding hydrogens is 290 g/mol. The van der Waals surface area contributed by atoms with Crippen LogP contribution in [0.3, 0.4) is 0 Å². The first-order valence-corrected chi connectivity index (χ1v) is 10.8. The first-order chi connectivity index (χ1) is 10.2. The number of rotatable bonds is 5. The molecule has 0 saturated carbocycles. The van der Waals surface area contributed by atoms with Crippen molar-refractivity contribution in [3.63, 3.8) is 0 Å². The zero-order valence-electron chi connectivity index (χ0n) is 14.3. The van der Waals surface area contributed by atoms with Gasteiger partial charge in [0.1, 0.15) is 6.23 Å². The van der Waals surface area contributed by atoms with E-state index >= 15 is 0 Å². The molecule has 1 aliphatic rings. The van der Waals surface area contributed by atoms with E-state index in [-0.39, 0.29) is 17.2 Å². The Bertz CT molecular complexity index is 546. The van der Waals surface area contributed by atoms with Crippen molar-refractivity contribution in [1.29, 1.82) is 0 Å². The summed E-state index contributed by atoms with van der Waals surface area (Å²) in [4.78, 5) is 12.1. The van der Waals surface area contributed by atoms with Gasteiger partial charge in [-0.2, -0.15) is 0 Å². The highest BCUT2D eigenvalue weighted by Crippen LogP contribution is 2.43. The normalized spacial score (nSPS) is 19.6. The molecule has 0 N–H and O–H groups in total. The van der Waals surface area contributed by atoms with Gasteiger partial charge >= 0.3 is 0 Å². The minimum absolute atomic E-state index is 0.0474. The second-order valence-electron chi connectivity index (χ2n) is 7.38. The highest BCUT2D eigenvalue weighted by atomic mass is 28.3. The molecule has 0 radical (unpaired) electrons. The molecule has 1 fully saturated rings. The number of ether oxygens (including phenoxy) is 1. The van der Waals surface area contributed by atoms with Crippen LogP contribution in [0.4, 0.5) is 0 Å². The summed E-state index contributed by atoms with van der Waals surface area (Å²) in [6.07, 6.45) is 4.54. The molecule has 4 heteroatoms. The number of hydrogen-bond donors (Lipinski definition) is 0. The Morgan fingerprint density at radius 3 is 2.45 bits per heavy atom. The molecule has 1 unspecified atom stereocenters. The van der Waals surface area contributed by atoms with Crippen LogP contribution in [-0.4, -0.2) is 31.5 Å². The molecule has 0 aromatic heterocycles. The number of β-lactam (4-membered cyclic amide) rings is 1. The molecule has 1 atom stereocenters. The lowest BCUT2D eigenvalue weighted by Crippen LogP contribution is -2.68. The second-order valence-corrected chi connectivity index (χ2v) is 12.5. The second kappa shape index (κ2) is 6.38. The summed E-state index contributed by atoms with van der Waals surface area (Å²) in [5.41, 5.74) is 1.16. The van der Waals surface area contributed by atoms with Crippen molar-refractivity contribution in [1.82, 2.24) is 4.57 Å². The van der Waals surface area contributed by atoms with Crippen molar-refractivity contribution < 1.29 is 9.53 Å². The van der Waals surface area contributed by atoms with E-state index in [1.807, 2.05) is 28.8 Å². The number of hydrogen-bond acceptors (Lipinski definition) is 2. The average Bonchev–Trinajstić information content (AvgIpc) is 2.41. The van der Waals surface area contributed by atoms with Gasteiger partial charge in [0.2, 0.25) is 5.91 Å². The molecule has 1 saturated heterocycles. The minimum Gasteiger partial charge on any atom is -0.354 e. The number of nitrogens with zero attached hydrogens (tertiary/aromatic N) is 1. The molecule has 1 aromatic carbocycles. The van der Waals surface area contributed by atoms with E-state index < -0.39 is 8.24 Å². The predicted molar refractivity (Wildman–Crippen MR) is 93.9 cm³/mol. The molecule has 0 spiro atoms. The van der Waals surface area contributed by atoms with Gasteiger partial charge in [0.25, 0.3) is 0 Å². The Morgan fingerprint density at radius 1 is 1.27 bits per heavy atom. The quantitative estimate of drug-likeness (QED) is 0.599. The highest BCUT2D eigenvalue weighted by Gasteiger charge is 2.52. The summed E-state index contributed by atoms with van der Waals surface area (Å²) < 4.78 is 7.95. The van der Waals surface area contributed by atoms with Crippen LogP contribution in [0.1, 0.15) is 32.8 Å². The fraction of sp³-hybridized carbons (Fsp3) is 0.500. The maximum Gasteiger partial charge on any atom is 0.221 e. The van der Waals surface area contributed by atoms with Crippen LogP contribution in [0, 0.1) is 0 Å². The van der Waals surface area contributed by atoms with Crippen LogP contribution in [-0.2, 0) is 9.53 Å². The fourth-order valence-corrected chi connectivity index (χ4v) is 4.79. The fourth-order valence-electron chi connectivity index (χ4n) is 2.47. The molecule has 2 rings (SSSR count). The van der Waals surface area contributed by atoms with Gasteiger partial charge in [0, 0.05) is 0 Å². The Kier molecular flexibility index (Phi) is 4.92. The van der Waals surface area contributed by atoms with Gasteiger partial charge in [-0.3, -0.25) is 4.79 Å². The van der Waals surface area contributed by atoms with E-state index in [9.17, 15) is 4.79 Å².